The predicted octanol–water partition coefficient (Wildman–Crippen LogP) is 5.24. The molecule has 0 bridgehead atoms. The molecule has 0 aromatic heterocycles. The number of sulfonamides is 1. The molecule has 2 atom stereocenters. The number of nitrogens with zero attached hydrogens (tertiary/aromatic N) is 1. The lowest BCUT2D eigenvalue weighted by atomic mass is 9.96. The van der Waals surface area contributed by atoms with E-state index < -0.39 is 10.0 Å². The Morgan fingerprint density at radius 3 is 2.33 bits per heavy atom. The van der Waals surface area contributed by atoms with E-state index in [4.69, 9.17) is 0 Å². The normalized spacial score (nSPS) is 16.4. The van der Waals surface area contributed by atoms with Crippen LogP contribution in [0.4, 0.5) is 5.69 Å². The molecule has 1 aliphatic heterocycles. The topological polar surface area (TPSA) is 66.5 Å². The number of rotatable bonds is 5. The molecule has 0 unspecified atom stereocenters. The highest BCUT2D eigenvalue weighted by molar-refractivity contribution is 7.92. The summed E-state index contributed by atoms with van der Waals surface area (Å²) in [7, 11) is -3.67. The van der Waals surface area contributed by atoms with Crippen molar-refractivity contribution < 1.29 is 13.2 Å². The summed E-state index contributed by atoms with van der Waals surface area (Å²) in [6.45, 7) is 10.1. The third-order valence-electron chi connectivity index (χ3n) is 6.49. The Labute approximate surface area is 196 Å². The molecule has 4 rings (SSSR count). The fraction of sp³-hybridized carbons (Fsp3) is 0.296. The molecule has 1 aliphatic rings. The van der Waals surface area contributed by atoms with Gasteiger partial charge < -0.3 is 5.32 Å². The summed E-state index contributed by atoms with van der Waals surface area (Å²) in [6, 6.07) is 17.7. The van der Waals surface area contributed by atoms with Gasteiger partial charge in [-0.2, -0.15) is 0 Å². The summed E-state index contributed by atoms with van der Waals surface area (Å²) in [5, 5.41) is 3.10. The Kier molecular flexibility index (Phi) is 6.06. The summed E-state index contributed by atoms with van der Waals surface area (Å²) in [5.41, 5.74) is 6.72. The first-order valence-corrected chi connectivity index (χ1v) is 12.6. The minimum absolute atomic E-state index is 0.140. The summed E-state index contributed by atoms with van der Waals surface area (Å²) < 4.78 is 28.0. The molecule has 6 heteroatoms. The molecule has 5 nitrogen and oxygen atoms in total. The average molecular weight is 463 g/mol. The maximum absolute atomic E-state index is 13.3. The number of anilines is 1. The number of aryl methyl sites for hydroxylation is 3. The molecule has 172 valence electrons. The van der Waals surface area contributed by atoms with Crippen LogP contribution in [0.15, 0.2) is 65.6 Å². The van der Waals surface area contributed by atoms with Gasteiger partial charge in [0.15, 0.2) is 0 Å². The van der Waals surface area contributed by atoms with Crippen molar-refractivity contribution in [1.82, 2.24) is 5.32 Å². The summed E-state index contributed by atoms with van der Waals surface area (Å²) in [5.74, 6) is -0.167. The van der Waals surface area contributed by atoms with Crippen molar-refractivity contribution in [2.24, 2.45) is 0 Å². The van der Waals surface area contributed by atoms with Crippen molar-refractivity contribution in [3.05, 3.63) is 94.0 Å². The van der Waals surface area contributed by atoms with Crippen molar-refractivity contribution in [3.63, 3.8) is 0 Å². The zero-order chi connectivity index (χ0) is 23.9. The second-order valence-electron chi connectivity index (χ2n) is 9.00. The number of hydrogen-bond acceptors (Lipinski definition) is 3. The minimum atomic E-state index is -3.67. The summed E-state index contributed by atoms with van der Waals surface area (Å²) >= 11 is 0. The van der Waals surface area contributed by atoms with E-state index in [0.717, 1.165) is 16.7 Å². The Morgan fingerprint density at radius 1 is 0.970 bits per heavy atom. The van der Waals surface area contributed by atoms with Crippen molar-refractivity contribution >= 4 is 21.6 Å². The van der Waals surface area contributed by atoms with Gasteiger partial charge in [0.05, 0.1) is 16.6 Å². The van der Waals surface area contributed by atoms with Gasteiger partial charge in [0, 0.05) is 11.6 Å². The lowest BCUT2D eigenvalue weighted by Crippen LogP contribution is -2.35. The average Bonchev–Trinajstić information content (AvgIpc) is 3.12. The second-order valence-corrected chi connectivity index (χ2v) is 10.8. The molecule has 0 radical (unpaired) electrons. The van der Waals surface area contributed by atoms with Gasteiger partial charge in [-0.25, -0.2) is 8.42 Å². The predicted molar refractivity (Wildman–Crippen MR) is 132 cm³/mol. The molecule has 1 N–H and O–H groups in total. The molecule has 0 fully saturated rings. The quantitative estimate of drug-likeness (QED) is 0.564. The zero-order valence-corrected chi connectivity index (χ0v) is 20.5. The highest BCUT2D eigenvalue weighted by Crippen LogP contribution is 2.37. The first-order chi connectivity index (χ1) is 15.6. The zero-order valence-electron chi connectivity index (χ0n) is 19.7. The number of nitrogens with one attached hydrogen (secondary N) is 1. The fourth-order valence-electron chi connectivity index (χ4n) is 4.62. The molecular weight excluding hydrogens is 432 g/mol. The Bertz CT molecular complexity index is 1320. The van der Waals surface area contributed by atoms with Gasteiger partial charge in [-0.1, -0.05) is 30.3 Å². The highest BCUT2D eigenvalue weighted by atomic mass is 32.2. The Morgan fingerprint density at radius 2 is 1.64 bits per heavy atom. The Balaban J connectivity index is 1.59. The van der Waals surface area contributed by atoms with Crippen LogP contribution in [0.2, 0.25) is 0 Å². The number of amides is 1. The molecule has 3 aromatic carbocycles. The van der Waals surface area contributed by atoms with E-state index in [-0.39, 0.29) is 22.9 Å². The molecule has 3 aromatic rings. The monoisotopic (exact) mass is 462 g/mol. The van der Waals surface area contributed by atoms with E-state index in [0.29, 0.717) is 17.7 Å². The van der Waals surface area contributed by atoms with E-state index in [1.165, 1.54) is 15.4 Å². The van der Waals surface area contributed by atoms with Crippen LogP contribution in [-0.2, 0) is 16.4 Å². The third kappa shape index (κ3) is 4.27. The van der Waals surface area contributed by atoms with Gasteiger partial charge in [0.2, 0.25) is 0 Å². The first-order valence-electron chi connectivity index (χ1n) is 11.2. The largest absolute Gasteiger partial charge is 0.346 e. The van der Waals surface area contributed by atoms with Crippen molar-refractivity contribution in [2.45, 2.75) is 58.0 Å². The molecule has 0 spiro atoms. The van der Waals surface area contributed by atoms with Gasteiger partial charge in [-0.3, -0.25) is 9.10 Å². The van der Waals surface area contributed by atoms with E-state index in [2.05, 4.69) is 38.2 Å². The summed E-state index contributed by atoms with van der Waals surface area (Å²) in [6.07, 6.45) is 0.564. The molecular formula is C27H30N2O3S. The number of benzene rings is 3. The van der Waals surface area contributed by atoms with Gasteiger partial charge in [-0.05, 0) is 99.2 Å². The maximum Gasteiger partial charge on any atom is 0.264 e. The van der Waals surface area contributed by atoms with Crippen molar-refractivity contribution in [1.29, 1.82) is 0 Å². The molecule has 1 heterocycles. The standard InChI is InChI=1S/C27H30N2O3S/c1-17-13-19(3)25(14-18(17)2)21(5)28-27(30)22-11-12-26-23(16-22)15-20(4)29(26)33(31,32)24-9-7-6-8-10-24/h6-14,16,20-21H,15H2,1-5H3,(H,28,30)/t20-,21+/m1/s1. The van der Waals surface area contributed by atoms with E-state index in [1.807, 2.05) is 19.9 Å². The van der Waals surface area contributed by atoms with E-state index in [1.54, 1.807) is 42.5 Å². The van der Waals surface area contributed by atoms with Crippen LogP contribution in [0, 0.1) is 20.8 Å². The van der Waals surface area contributed by atoms with E-state index in [9.17, 15) is 13.2 Å². The fourth-order valence-corrected chi connectivity index (χ4v) is 6.34. The molecule has 33 heavy (non-hydrogen) atoms. The van der Waals surface area contributed by atoms with Crippen LogP contribution in [0.25, 0.3) is 0 Å². The Hall–Kier alpha value is -3.12. The van der Waals surface area contributed by atoms with Crippen LogP contribution in [0.1, 0.15) is 58.1 Å². The number of hydrogen-bond donors (Lipinski definition) is 1. The highest BCUT2D eigenvalue weighted by Gasteiger charge is 2.36. The third-order valence-corrected chi connectivity index (χ3v) is 8.43. The maximum atomic E-state index is 13.3. The first kappa shape index (κ1) is 23.1. The molecule has 0 saturated heterocycles. The van der Waals surface area contributed by atoms with Gasteiger partial charge in [0.1, 0.15) is 0 Å². The lowest BCUT2D eigenvalue weighted by molar-refractivity contribution is 0.0939. The van der Waals surface area contributed by atoms with Crippen LogP contribution >= 0.6 is 0 Å². The smallest absolute Gasteiger partial charge is 0.264 e. The van der Waals surface area contributed by atoms with Crippen LogP contribution in [0.3, 0.4) is 0 Å². The van der Waals surface area contributed by atoms with E-state index >= 15 is 0 Å². The minimum Gasteiger partial charge on any atom is -0.346 e. The lowest BCUT2D eigenvalue weighted by Gasteiger charge is -2.24. The van der Waals surface area contributed by atoms with Crippen molar-refractivity contribution in [2.75, 3.05) is 4.31 Å². The van der Waals surface area contributed by atoms with Crippen LogP contribution in [-0.4, -0.2) is 20.4 Å². The van der Waals surface area contributed by atoms with Crippen LogP contribution in [0.5, 0.6) is 0 Å². The van der Waals surface area contributed by atoms with Gasteiger partial charge >= 0.3 is 0 Å². The molecule has 0 aliphatic carbocycles. The summed E-state index contributed by atoms with van der Waals surface area (Å²) in [4.78, 5) is 13.3. The van der Waals surface area contributed by atoms with Gasteiger partial charge in [0.25, 0.3) is 15.9 Å². The van der Waals surface area contributed by atoms with Gasteiger partial charge in [-0.15, -0.1) is 0 Å². The number of carbonyl (C=O) groups is 1. The molecule has 0 saturated carbocycles. The van der Waals surface area contributed by atoms with Crippen LogP contribution < -0.4 is 9.62 Å². The SMILES string of the molecule is Cc1cc(C)c([C@H](C)NC(=O)c2ccc3c(c2)C[C@@H](C)N3S(=O)(=O)c2ccccc2)cc1C. The second kappa shape index (κ2) is 8.67. The number of fused-ring (bicyclic) bond motifs is 1. The number of carbonyl (C=O) groups excluding carboxylic acids is 1. The van der Waals surface area contributed by atoms with Crippen molar-refractivity contribution in [3.8, 4) is 0 Å². The molecule has 1 amide bonds.